The van der Waals surface area contributed by atoms with Gasteiger partial charge in [-0.1, -0.05) is 6.42 Å². The average Bonchev–Trinajstić information content (AvgIpc) is 2.19. The van der Waals surface area contributed by atoms with Crippen LogP contribution >= 0.6 is 15.9 Å². The van der Waals surface area contributed by atoms with Crippen LogP contribution in [0.1, 0.15) is 25.0 Å². The molecule has 1 N–H and O–H groups in total. The van der Waals surface area contributed by atoms with E-state index in [2.05, 4.69) is 31.4 Å². The second kappa shape index (κ2) is 4.84. The fourth-order valence-electron chi connectivity index (χ4n) is 1.83. The molecular weight excluding hydrogens is 242 g/mol. The molecule has 1 aromatic heterocycles. The zero-order chi connectivity index (χ0) is 9.80. The maximum absolute atomic E-state index is 4.11. The van der Waals surface area contributed by atoms with Crippen molar-refractivity contribution in [2.45, 2.75) is 31.7 Å². The van der Waals surface area contributed by atoms with Gasteiger partial charge in [-0.05, 0) is 41.4 Å². The molecular formula is C10H14BrN3. The Morgan fingerprint density at radius 3 is 3.14 bits per heavy atom. The Labute approximate surface area is 92.4 Å². The summed E-state index contributed by atoms with van der Waals surface area (Å²) in [5.41, 5.74) is 1.07. The van der Waals surface area contributed by atoms with E-state index in [1.165, 1.54) is 19.3 Å². The third-order valence-electron chi connectivity index (χ3n) is 2.54. The molecule has 0 amide bonds. The summed E-state index contributed by atoms with van der Waals surface area (Å²) in [5, 5.41) is 11.5. The summed E-state index contributed by atoms with van der Waals surface area (Å²) in [7, 11) is 0. The number of rotatable bonds is 2. The SMILES string of the molecule is Brc1cnnc(CC2CCCCN2)c1. The lowest BCUT2D eigenvalue weighted by Crippen LogP contribution is -2.35. The minimum absolute atomic E-state index is 0.590. The van der Waals surface area contributed by atoms with Gasteiger partial charge in [0, 0.05) is 16.9 Å². The Bertz CT molecular complexity index is 297. The van der Waals surface area contributed by atoms with E-state index >= 15 is 0 Å². The van der Waals surface area contributed by atoms with Crippen molar-refractivity contribution in [1.29, 1.82) is 0 Å². The molecule has 1 aromatic rings. The second-order valence-electron chi connectivity index (χ2n) is 3.72. The van der Waals surface area contributed by atoms with Gasteiger partial charge in [-0.25, -0.2) is 0 Å². The van der Waals surface area contributed by atoms with Crippen molar-refractivity contribution >= 4 is 15.9 Å². The van der Waals surface area contributed by atoms with Gasteiger partial charge < -0.3 is 5.32 Å². The third kappa shape index (κ3) is 2.75. The molecule has 1 fully saturated rings. The lowest BCUT2D eigenvalue weighted by molar-refractivity contribution is 0.396. The molecule has 1 saturated heterocycles. The summed E-state index contributed by atoms with van der Waals surface area (Å²) >= 11 is 3.40. The zero-order valence-electron chi connectivity index (χ0n) is 8.04. The van der Waals surface area contributed by atoms with Crippen LogP contribution in [0.25, 0.3) is 0 Å². The highest BCUT2D eigenvalue weighted by Gasteiger charge is 2.13. The number of hydrogen-bond donors (Lipinski definition) is 1. The number of aromatic nitrogens is 2. The van der Waals surface area contributed by atoms with Gasteiger partial charge >= 0.3 is 0 Å². The van der Waals surface area contributed by atoms with Gasteiger partial charge in [-0.15, -0.1) is 0 Å². The number of nitrogens with zero attached hydrogens (tertiary/aromatic N) is 2. The van der Waals surface area contributed by atoms with E-state index in [9.17, 15) is 0 Å². The van der Waals surface area contributed by atoms with Crippen LogP contribution in [0, 0.1) is 0 Å². The van der Waals surface area contributed by atoms with Gasteiger partial charge in [0.05, 0.1) is 11.9 Å². The molecule has 0 spiro atoms. The third-order valence-corrected chi connectivity index (χ3v) is 2.97. The van der Waals surface area contributed by atoms with Crippen LogP contribution in [-0.2, 0) is 6.42 Å². The largest absolute Gasteiger partial charge is 0.314 e. The van der Waals surface area contributed by atoms with Gasteiger partial charge in [0.1, 0.15) is 0 Å². The predicted molar refractivity (Wildman–Crippen MR) is 59.1 cm³/mol. The Hall–Kier alpha value is -0.480. The van der Waals surface area contributed by atoms with Crippen LogP contribution in [0.3, 0.4) is 0 Å². The second-order valence-corrected chi connectivity index (χ2v) is 4.63. The zero-order valence-corrected chi connectivity index (χ0v) is 9.63. The number of nitrogens with one attached hydrogen (secondary N) is 1. The van der Waals surface area contributed by atoms with Gasteiger partial charge in [0.15, 0.2) is 0 Å². The summed E-state index contributed by atoms with van der Waals surface area (Å²) in [4.78, 5) is 0. The molecule has 0 radical (unpaired) electrons. The summed E-state index contributed by atoms with van der Waals surface area (Å²) in [6.07, 6.45) is 6.61. The monoisotopic (exact) mass is 255 g/mol. The highest BCUT2D eigenvalue weighted by Crippen LogP contribution is 2.13. The highest BCUT2D eigenvalue weighted by molar-refractivity contribution is 9.10. The lowest BCUT2D eigenvalue weighted by atomic mass is 10.0. The van der Waals surface area contributed by atoms with Crippen molar-refractivity contribution in [3.63, 3.8) is 0 Å². The van der Waals surface area contributed by atoms with Crippen molar-refractivity contribution in [2.24, 2.45) is 0 Å². The molecule has 1 aliphatic heterocycles. The van der Waals surface area contributed by atoms with Gasteiger partial charge in [-0.2, -0.15) is 10.2 Å². The van der Waals surface area contributed by atoms with Crippen LogP contribution in [0.5, 0.6) is 0 Å². The van der Waals surface area contributed by atoms with E-state index in [0.717, 1.165) is 23.1 Å². The smallest absolute Gasteiger partial charge is 0.0657 e. The normalized spacial score (nSPS) is 22.2. The molecule has 0 bridgehead atoms. The van der Waals surface area contributed by atoms with Gasteiger partial charge in [-0.3, -0.25) is 0 Å². The Kier molecular flexibility index (Phi) is 3.48. The van der Waals surface area contributed by atoms with Crippen molar-refractivity contribution in [2.75, 3.05) is 6.54 Å². The molecule has 0 aromatic carbocycles. The molecule has 2 heterocycles. The number of piperidine rings is 1. The first-order chi connectivity index (χ1) is 6.84. The van der Waals surface area contributed by atoms with E-state index in [0.29, 0.717) is 6.04 Å². The standard InChI is InChI=1S/C10H14BrN3/c11-8-5-10(14-13-7-8)6-9-3-1-2-4-12-9/h5,7,9,12H,1-4,6H2. The van der Waals surface area contributed by atoms with Crippen LogP contribution in [-0.4, -0.2) is 22.8 Å². The number of halogens is 1. The Balaban J connectivity index is 1.95. The summed E-state index contributed by atoms with van der Waals surface area (Å²) < 4.78 is 1.01. The minimum atomic E-state index is 0.590. The molecule has 0 saturated carbocycles. The van der Waals surface area contributed by atoms with Gasteiger partial charge in [0.25, 0.3) is 0 Å². The van der Waals surface area contributed by atoms with Crippen LogP contribution < -0.4 is 5.32 Å². The minimum Gasteiger partial charge on any atom is -0.314 e. The van der Waals surface area contributed by atoms with E-state index in [1.54, 1.807) is 6.20 Å². The van der Waals surface area contributed by atoms with E-state index < -0.39 is 0 Å². The molecule has 1 unspecified atom stereocenters. The van der Waals surface area contributed by atoms with Crippen molar-refractivity contribution in [3.05, 3.63) is 22.4 Å². The summed E-state index contributed by atoms with van der Waals surface area (Å²) in [6, 6.07) is 2.64. The van der Waals surface area contributed by atoms with E-state index in [-0.39, 0.29) is 0 Å². The summed E-state index contributed by atoms with van der Waals surface area (Å²) in [5.74, 6) is 0. The topological polar surface area (TPSA) is 37.8 Å². The lowest BCUT2D eigenvalue weighted by Gasteiger charge is -2.22. The maximum atomic E-state index is 4.11. The molecule has 0 aliphatic carbocycles. The fourth-order valence-corrected chi connectivity index (χ4v) is 2.19. The quantitative estimate of drug-likeness (QED) is 0.878. The fraction of sp³-hybridized carbons (Fsp3) is 0.600. The van der Waals surface area contributed by atoms with E-state index in [1.807, 2.05) is 6.07 Å². The first kappa shape index (κ1) is 10.1. The first-order valence-electron chi connectivity index (χ1n) is 5.05. The first-order valence-corrected chi connectivity index (χ1v) is 5.84. The molecule has 4 heteroatoms. The van der Waals surface area contributed by atoms with Crippen molar-refractivity contribution in [1.82, 2.24) is 15.5 Å². The summed E-state index contributed by atoms with van der Waals surface area (Å²) in [6.45, 7) is 1.14. The molecule has 2 rings (SSSR count). The Morgan fingerprint density at radius 1 is 1.50 bits per heavy atom. The van der Waals surface area contributed by atoms with Crippen molar-refractivity contribution in [3.8, 4) is 0 Å². The molecule has 1 atom stereocenters. The van der Waals surface area contributed by atoms with E-state index in [4.69, 9.17) is 0 Å². The average molecular weight is 256 g/mol. The predicted octanol–water partition coefficient (Wildman–Crippen LogP) is 1.92. The highest BCUT2D eigenvalue weighted by atomic mass is 79.9. The van der Waals surface area contributed by atoms with Gasteiger partial charge in [0.2, 0.25) is 0 Å². The van der Waals surface area contributed by atoms with Crippen LogP contribution in [0.2, 0.25) is 0 Å². The number of hydrogen-bond acceptors (Lipinski definition) is 3. The Morgan fingerprint density at radius 2 is 2.43 bits per heavy atom. The molecule has 3 nitrogen and oxygen atoms in total. The molecule has 1 aliphatic rings. The maximum Gasteiger partial charge on any atom is 0.0657 e. The molecule has 14 heavy (non-hydrogen) atoms. The molecule has 76 valence electrons. The van der Waals surface area contributed by atoms with Crippen LogP contribution in [0.15, 0.2) is 16.7 Å². The van der Waals surface area contributed by atoms with Crippen molar-refractivity contribution < 1.29 is 0 Å². The van der Waals surface area contributed by atoms with Crippen LogP contribution in [0.4, 0.5) is 0 Å².